The first-order chi connectivity index (χ1) is 12.6. The number of nitrogens with one attached hydrogen (secondary N) is 1. The monoisotopic (exact) mass is 425 g/mol. The van der Waals surface area contributed by atoms with Crippen molar-refractivity contribution in [3.05, 3.63) is 108 Å². The molecule has 0 radical (unpaired) electrons. The second-order valence-electron chi connectivity index (χ2n) is 6.04. The largest absolute Gasteiger partial charge is 0.297 e. The zero-order chi connectivity index (χ0) is 18.4. The maximum atomic E-state index is 14.2. The van der Waals surface area contributed by atoms with Crippen molar-refractivity contribution in [1.29, 1.82) is 0 Å². The summed E-state index contributed by atoms with van der Waals surface area (Å²) in [6, 6.07) is 27.3. The lowest BCUT2D eigenvalue weighted by Gasteiger charge is -2.27. The van der Waals surface area contributed by atoms with Crippen molar-refractivity contribution >= 4 is 33.8 Å². The van der Waals surface area contributed by atoms with E-state index in [1.165, 1.54) is 0 Å². The summed E-state index contributed by atoms with van der Waals surface area (Å²) in [5.74, 6) is 0. The van der Waals surface area contributed by atoms with E-state index in [2.05, 4.69) is 27.6 Å². The van der Waals surface area contributed by atoms with Gasteiger partial charge < -0.3 is 0 Å². The zero-order valence-corrected chi connectivity index (χ0v) is 16.9. The van der Waals surface area contributed by atoms with Gasteiger partial charge in [-0.25, -0.2) is 0 Å². The summed E-state index contributed by atoms with van der Waals surface area (Å²) in [6.45, 7) is 3.88. The molecule has 4 heteroatoms. The molecule has 0 aliphatic rings. The van der Waals surface area contributed by atoms with Crippen LogP contribution >= 0.6 is 23.2 Å². The van der Waals surface area contributed by atoms with Crippen LogP contribution in [0.5, 0.6) is 0 Å². The van der Waals surface area contributed by atoms with E-state index in [4.69, 9.17) is 0 Å². The van der Waals surface area contributed by atoms with Crippen molar-refractivity contribution in [3.8, 4) is 0 Å². The molecule has 0 saturated heterocycles. The lowest BCUT2D eigenvalue weighted by atomic mass is 10.1. The molecule has 0 aliphatic carbocycles. The molecular weight excluding hydrogens is 405 g/mol. The highest BCUT2D eigenvalue weighted by Gasteiger charge is 2.30. The Bertz CT molecular complexity index is 851. The summed E-state index contributed by atoms with van der Waals surface area (Å²) >= 11 is 3.47. The van der Waals surface area contributed by atoms with E-state index in [0.29, 0.717) is 6.42 Å². The Balaban J connectivity index is 2.05. The standard InChI is InChI=1S/C22H21BrNOP/c1-2-9-22(18-14-16-19(23)17-15-18)24-26(25,20-10-5-3-6-11-20)21-12-7-4-8-13-21/h2-8,10-17,22H,1,9H2,(H,24,25)/t22-/m1/s1. The smallest absolute Gasteiger partial charge is 0.205 e. The van der Waals surface area contributed by atoms with Crippen molar-refractivity contribution in [2.75, 3.05) is 0 Å². The van der Waals surface area contributed by atoms with Crippen LogP contribution in [0, 0.1) is 0 Å². The fourth-order valence-electron chi connectivity index (χ4n) is 2.92. The molecule has 0 aromatic heterocycles. The molecule has 0 bridgehead atoms. The Kier molecular flexibility index (Phi) is 6.26. The van der Waals surface area contributed by atoms with Gasteiger partial charge in [0.1, 0.15) is 0 Å². The van der Waals surface area contributed by atoms with Gasteiger partial charge in [0.05, 0.1) is 0 Å². The molecule has 1 N–H and O–H groups in total. The maximum absolute atomic E-state index is 14.2. The molecule has 1 atom stereocenters. The summed E-state index contributed by atoms with van der Waals surface area (Å²) in [7, 11) is -3.00. The zero-order valence-electron chi connectivity index (χ0n) is 14.4. The van der Waals surface area contributed by atoms with Crippen LogP contribution in [0.3, 0.4) is 0 Å². The van der Waals surface area contributed by atoms with Crippen molar-refractivity contribution in [2.24, 2.45) is 0 Å². The van der Waals surface area contributed by atoms with E-state index < -0.39 is 7.29 Å². The fourth-order valence-corrected chi connectivity index (χ4v) is 5.66. The molecule has 0 fully saturated rings. The predicted octanol–water partition coefficient (Wildman–Crippen LogP) is 5.59. The lowest BCUT2D eigenvalue weighted by Crippen LogP contribution is -2.30. The molecule has 0 saturated carbocycles. The van der Waals surface area contributed by atoms with E-state index in [1.807, 2.05) is 91.0 Å². The van der Waals surface area contributed by atoms with Gasteiger partial charge in [-0.3, -0.25) is 9.65 Å². The highest BCUT2D eigenvalue weighted by molar-refractivity contribution is 9.10. The van der Waals surface area contributed by atoms with Gasteiger partial charge in [-0.15, -0.1) is 6.58 Å². The van der Waals surface area contributed by atoms with Crippen LogP contribution < -0.4 is 15.7 Å². The number of hydrogen-bond acceptors (Lipinski definition) is 1. The predicted molar refractivity (Wildman–Crippen MR) is 115 cm³/mol. The van der Waals surface area contributed by atoms with Gasteiger partial charge in [-0.1, -0.05) is 70.5 Å². The molecule has 26 heavy (non-hydrogen) atoms. The average molecular weight is 426 g/mol. The van der Waals surface area contributed by atoms with E-state index >= 15 is 0 Å². The van der Waals surface area contributed by atoms with Crippen LogP contribution in [0.4, 0.5) is 0 Å². The molecular formula is C22H21BrNOP. The van der Waals surface area contributed by atoms with Crippen molar-refractivity contribution in [3.63, 3.8) is 0 Å². The minimum absolute atomic E-state index is 0.0909. The first-order valence-corrected chi connectivity index (χ1v) is 11.0. The van der Waals surface area contributed by atoms with Gasteiger partial charge in [0, 0.05) is 21.1 Å². The van der Waals surface area contributed by atoms with Crippen LogP contribution in [0.15, 0.2) is 102 Å². The molecule has 0 aliphatic heterocycles. The van der Waals surface area contributed by atoms with Crippen LogP contribution in [0.2, 0.25) is 0 Å². The summed E-state index contributed by atoms with van der Waals surface area (Å²) in [5, 5.41) is 5.07. The first-order valence-electron chi connectivity index (χ1n) is 8.49. The average Bonchev–Trinajstić information content (AvgIpc) is 2.69. The summed E-state index contributed by atoms with van der Waals surface area (Å²) in [6.07, 6.45) is 2.55. The first kappa shape index (κ1) is 18.8. The van der Waals surface area contributed by atoms with Gasteiger partial charge in [0.25, 0.3) is 0 Å². The number of benzene rings is 3. The second-order valence-corrected chi connectivity index (χ2v) is 9.46. The van der Waals surface area contributed by atoms with Crippen LogP contribution in [-0.2, 0) is 4.57 Å². The lowest BCUT2D eigenvalue weighted by molar-refractivity contribution is 0.561. The third kappa shape index (κ3) is 4.24. The van der Waals surface area contributed by atoms with Gasteiger partial charge in [-0.2, -0.15) is 0 Å². The van der Waals surface area contributed by atoms with Gasteiger partial charge in [0.15, 0.2) is 0 Å². The molecule has 0 spiro atoms. The highest BCUT2D eigenvalue weighted by atomic mass is 79.9. The van der Waals surface area contributed by atoms with Gasteiger partial charge >= 0.3 is 0 Å². The van der Waals surface area contributed by atoms with Crippen LogP contribution in [0.25, 0.3) is 0 Å². The van der Waals surface area contributed by atoms with Crippen LogP contribution in [0.1, 0.15) is 18.0 Å². The third-order valence-corrected chi connectivity index (χ3v) is 7.51. The SMILES string of the molecule is C=CC[C@@H](NP(=O)(c1ccccc1)c1ccccc1)c1ccc(Br)cc1. The van der Waals surface area contributed by atoms with E-state index in [-0.39, 0.29) is 6.04 Å². The minimum atomic E-state index is -3.00. The molecule has 3 rings (SSSR count). The molecule has 0 unspecified atom stereocenters. The maximum Gasteiger partial charge on any atom is 0.205 e. The van der Waals surface area contributed by atoms with Crippen molar-refractivity contribution in [1.82, 2.24) is 5.09 Å². The van der Waals surface area contributed by atoms with Crippen LogP contribution in [-0.4, -0.2) is 0 Å². The number of halogens is 1. The number of hydrogen-bond donors (Lipinski definition) is 1. The molecule has 2 nitrogen and oxygen atoms in total. The van der Waals surface area contributed by atoms with Crippen molar-refractivity contribution in [2.45, 2.75) is 12.5 Å². The quantitative estimate of drug-likeness (QED) is 0.395. The Hall–Kier alpha value is -1.93. The summed E-state index contributed by atoms with van der Waals surface area (Å²) in [4.78, 5) is 0. The van der Waals surface area contributed by atoms with Gasteiger partial charge in [-0.05, 0) is 48.4 Å². The molecule has 3 aromatic rings. The summed E-state index contributed by atoms with van der Waals surface area (Å²) in [5.41, 5.74) is 1.08. The van der Waals surface area contributed by atoms with Crippen molar-refractivity contribution < 1.29 is 4.57 Å². The van der Waals surface area contributed by atoms with E-state index in [9.17, 15) is 4.57 Å². The highest BCUT2D eigenvalue weighted by Crippen LogP contribution is 2.42. The Morgan fingerprint density at radius 1 is 0.885 bits per heavy atom. The van der Waals surface area contributed by atoms with E-state index in [0.717, 1.165) is 20.6 Å². The Morgan fingerprint density at radius 2 is 1.38 bits per heavy atom. The number of rotatable bonds is 7. The molecule has 0 amide bonds. The van der Waals surface area contributed by atoms with Gasteiger partial charge in [0.2, 0.25) is 7.29 Å². The second kappa shape index (κ2) is 8.64. The normalized spacial score (nSPS) is 12.5. The topological polar surface area (TPSA) is 29.1 Å². The Labute approximate surface area is 163 Å². The summed E-state index contributed by atoms with van der Waals surface area (Å²) < 4.78 is 15.2. The van der Waals surface area contributed by atoms with E-state index in [1.54, 1.807) is 0 Å². The molecule has 3 aromatic carbocycles. The molecule has 132 valence electrons. The third-order valence-electron chi connectivity index (χ3n) is 4.25. The fraction of sp³-hybridized carbons (Fsp3) is 0.0909. The minimum Gasteiger partial charge on any atom is -0.297 e. The Morgan fingerprint density at radius 3 is 1.85 bits per heavy atom. The molecule has 0 heterocycles.